The summed E-state index contributed by atoms with van der Waals surface area (Å²) in [7, 11) is 0. The maximum Gasteiger partial charge on any atom is 0.0693 e. The third kappa shape index (κ3) is 3.05. The molecular formula is C17H23NOS. The molecule has 108 valence electrons. The fourth-order valence-electron chi connectivity index (χ4n) is 3.10. The fourth-order valence-corrected chi connectivity index (χ4v) is 4.18. The minimum Gasteiger partial charge on any atom is -0.392 e. The molecule has 20 heavy (non-hydrogen) atoms. The van der Waals surface area contributed by atoms with E-state index in [1.54, 1.807) is 0 Å². The standard InChI is InChI=1S/C17H23NOS/c1-12(18-14-8-3-2-4-9-15(14)19)17-11-13-7-5-6-10-16(13)20-17/h5-7,10-12,14-15,18-19H,2-4,8-9H2,1H3. The van der Waals surface area contributed by atoms with E-state index in [1.165, 1.54) is 27.8 Å². The summed E-state index contributed by atoms with van der Waals surface area (Å²) >= 11 is 1.86. The van der Waals surface area contributed by atoms with E-state index in [4.69, 9.17) is 0 Å². The Morgan fingerprint density at radius 3 is 2.85 bits per heavy atom. The summed E-state index contributed by atoms with van der Waals surface area (Å²) in [5, 5.41) is 15.2. The van der Waals surface area contributed by atoms with Gasteiger partial charge in [-0.25, -0.2) is 0 Å². The van der Waals surface area contributed by atoms with Crippen molar-refractivity contribution in [1.82, 2.24) is 5.32 Å². The Kier molecular flexibility index (Phi) is 4.39. The molecule has 2 N–H and O–H groups in total. The van der Waals surface area contributed by atoms with Crippen LogP contribution in [0.4, 0.5) is 0 Å². The SMILES string of the molecule is CC(NC1CCCCCC1O)c1cc2ccccc2s1. The summed E-state index contributed by atoms with van der Waals surface area (Å²) < 4.78 is 1.34. The largest absolute Gasteiger partial charge is 0.392 e. The van der Waals surface area contributed by atoms with Gasteiger partial charge in [0.1, 0.15) is 0 Å². The minimum absolute atomic E-state index is 0.186. The zero-order valence-electron chi connectivity index (χ0n) is 12.0. The molecule has 3 rings (SSSR count). The Morgan fingerprint density at radius 2 is 2.00 bits per heavy atom. The van der Waals surface area contributed by atoms with Gasteiger partial charge in [-0.05, 0) is 37.3 Å². The molecule has 1 aromatic carbocycles. The molecule has 0 bridgehead atoms. The molecule has 1 aliphatic rings. The van der Waals surface area contributed by atoms with E-state index in [0.717, 1.165) is 19.3 Å². The number of benzene rings is 1. The molecule has 1 saturated carbocycles. The molecule has 1 aliphatic carbocycles. The maximum absolute atomic E-state index is 10.2. The molecule has 2 aromatic rings. The van der Waals surface area contributed by atoms with Crippen LogP contribution in [0.5, 0.6) is 0 Å². The van der Waals surface area contributed by atoms with Crippen LogP contribution in [-0.2, 0) is 0 Å². The highest BCUT2D eigenvalue weighted by molar-refractivity contribution is 7.19. The second-order valence-electron chi connectivity index (χ2n) is 5.89. The molecule has 0 saturated heterocycles. The lowest BCUT2D eigenvalue weighted by atomic mass is 10.0. The molecule has 0 radical (unpaired) electrons. The van der Waals surface area contributed by atoms with Crippen LogP contribution in [0, 0.1) is 0 Å². The van der Waals surface area contributed by atoms with Gasteiger partial charge >= 0.3 is 0 Å². The number of nitrogens with one attached hydrogen (secondary N) is 1. The van der Waals surface area contributed by atoms with Crippen LogP contribution >= 0.6 is 11.3 Å². The first-order valence-electron chi connectivity index (χ1n) is 7.66. The second kappa shape index (κ2) is 6.25. The Morgan fingerprint density at radius 1 is 1.20 bits per heavy atom. The number of fused-ring (bicyclic) bond motifs is 1. The first kappa shape index (κ1) is 14.1. The summed E-state index contributed by atoms with van der Waals surface area (Å²) in [5.41, 5.74) is 0. The van der Waals surface area contributed by atoms with Crippen molar-refractivity contribution in [2.75, 3.05) is 0 Å². The summed E-state index contributed by atoms with van der Waals surface area (Å²) in [6, 6.07) is 11.4. The molecular weight excluding hydrogens is 266 g/mol. The van der Waals surface area contributed by atoms with Crippen molar-refractivity contribution in [2.24, 2.45) is 0 Å². The zero-order chi connectivity index (χ0) is 13.9. The smallest absolute Gasteiger partial charge is 0.0693 e. The number of hydrogen-bond acceptors (Lipinski definition) is 3. The van der Waals surface area contributed by atoms with E-state index < -0.39 is 0 Å². The Labute approximate surface area is 124 Å². The molecule has 1 fully saturated rings. The average Bonchev–Trinajstić information content (AvgIpc) is 2.79. The normalized spacial score (nSPS) is 25.5. The molecule has 0 aliphatic heterocycles. The molecule has 1 heterocycles. The van der Waals surface area contributed by atoms with E-state index in [-0.39, 0.29) is 12.1 Å². The van der Waals surface area contributed by atoms with Gasteiger partial charge in [0.05, 0.1) is 6.10 Å². The van der Waals surface area contributed by atoms with Crippen LogP contribution in [0.25, 0.3) is 10.1 Å². The molecule has 3 unspecified atom stereocenters. The van der Waals surface area contributed by atoms with Gasteiger partial charge in [-0.15, -0.1) is 11.3 Å². The number of rotatable bonds is 3. The second-order valence-corrected chi connectivity index (χ2v) is 7.00. The Balaban J connectivity index is 1.72. The highest BCUT2D eigenvalue weighted by Gasteiger charge is 2.23. The van der Waals surface area contributed by atoms with Crippen LogP contribution in [0.2, 0.25) is 0 Å². The summed E-state index contributed by atoms with van der Waals surface area (Å²) in [6.45, 7) is 2.21. The lowest BCUT2D eigenvalue weighted by Crippen LogP contribution is -2.40. The molecule has 3 atom stereocenters. The summed E-state index contributed by atoms with van der Waals surface area (Å²) in [5.74, 6) is 0. The van der Waals surface area contributed by atoms with Gasteiger partial charge in [0.25, 0.3) is 0 Å². The molecule has 0 amide bonds. The molecule has 1 aromatic heterocycles. The first-order valence-corrected chi connectivity index (χ1v) is 8.48. The van der Waals surface area contributed by atoms with Crippen molar-refractivity contribution >= 4 is 21.4 Å². The van der Waals surface area contributed by atoms with Gasteiger partial charge in [-0.1, -0.05) is 37.5 Å². The van der Waals surface area contributed by atoms with Crippen LogP contribution in [0.1, 0.15) is 49.9 Å². The van der Waals surface area contributed by atoms with Crippen LogP contribution in [0.3, 0.4) is 0 Å². The maximum atomic E-state index is 10.2. The van der Waals surface area contributed by atoms with Crippen LogP contribution in [-0.4, -0.2) is 17.3 Å². The van der Waals surface area contributed by atoms with Crippen LogP contribution in [0.15, 0.2) is 30.3 Å². The quantitative estimate of drug-likeness (QED) is 0.828. The average molecular weight is 289 g/mol. The first-order chi connectivity index (χ1) is 9.74. The van der Waals surface area contributed by atoms with E-state index in [2.05, 4.69) is 42.6 Å². The number of thiophene rings is 1. The van der Waals surface area contributed by atoms with Crippen molar-refractivity contribution in [3.05, 3.63) is 35.2 Å². The van der Waals surface area contributed by atoms with Gasteiger partial charge in [0.2, 0.25) is 0 Å². The molecule has 3 heteroatoms. The van der Waals surface area contributed by atoms with Gasteiger partial charge < -0.3 is 10.4 Å². The Bertz CT molecular complexity index is 532. The fraction of sp³-hybridized carbons (Fsp3) is 0.529. The van der Waals surface area contributed by atoms with E-state index in [0.29, 0.717) is 6.04 Å². The zero-order valence-corrected chi connectivity index (χ0v) is 12.8. The van der Waals surface area contributed by atoms with Gasteiger partial charge in [-0.2, -0.15) is 0 Å². The monoisotopic (exact) mass is 289 g/mol. The Hall–Kier alpha value is -0.900. The topological polar surface area (TPSA) is 32.3 Å². The van der Waals surface area contributed by atoms with Gasteiger partial charge in [-0.3, -0.25) is 0 Å². The minimum atomic E-state index is -0.186. The number of aliphatic hydroxyl groups is 1. The third-order valence-corrected chi connectivity index (χ3v) is 5.61. The van der Waals surface area contributed by atoms with Gasteiger partial charge in [0.15, 0.2) is 0 Å². The lowest BCUT2D eigenvalue weighted by Gasteiger charge is -2.25. The summed E-state index contributed by atoms with van der Waals surface area (Å²) in [6.07, 6.45) is 5.50. The predicted octanol–water partition coefficient (Wildman–Crippen LogP) is 4.25. The predicted molar refractivity (Wildman–Crippen MR) is 86.3 cm³/mol. The molecule has 2 nitrogen and oxygen atoms in total. The van der Waals surface area contributed by atoms with Crippen molar-refractivity contribution < 1.29 is 5.11 Å². The highest BCUT2D eigenvalue weighted by Crippen LogP contribution is 2.30. The van der Waals surface area contributed by atoms with Crippen molar-refractivity contribution in [3.8, 4) is 0 Å². The van der Waals surface area contributed by atoms with E-state index in [1.807, 2.05) is 11.3 Å². The van der Waals surface area contributed by atoms with Gasteiger partial charge in [0, 0.05) is 21.7 Å². The molecule has 0 spiro atoms. The van der Waals surface area contributed by atoms with Crippen molar-refractivity contribution in [1.29, 1.82) is 0 Å². The number of hydrogen-bond donors (Lipinski definition) is 2. The van der Waals surface area contributed by atoms with E-state index in [9.17, 15) is 5.11 Å². The lowest BCUT2D eigenvalue weighted by molar-refractivity contribution is 0.115. The van der Waals surface area contributed by atoms with Crippen molar-refractivity contribution in [3.63, 3.8) is 0 Å². The van der Waals surface area contributed by atoms with Crippen molar-refractivity contribution in [2.45, 2.75) is 57.2 Å². The third-order valence-electron chi connectivity index (χ3n) is 4.31. The summed E-state index contributed by atoms with van der Waals surface area (Å²) in [4.78, 5) is 1.36. The highest BCUT2D eigenvalue weighted by atomic mass is 32.1. The van der Waals surface area contributed by atoms with Crippen LogP contribution < -0.4 is 5.32 Å². The van der Waals surface area contributed by atoms with E-state index >= 15 is 0 Å². The number of aliphatic hydroxyl groups excluding tert-OH is 1.